The van der Waals surface area contributed by atoms with Crippen molar-refractivity contribution in [1.82, 2.24) is 29.4 Å². The van der Waals surface area contributed by atoms with E-state index in [0.29, 0.717) is 23.0 Å². The minimum Gasteiger partial charge on any atom is -0.338 e. The first-order chi connectivity index (χ1) is 16.5. The molecular formula is C24H24ClN7OS. The van der Waals surface area contributed by atoms with E-state index in [1.807, 2.05) is 12.1 Å². The molecule has 7 rings (SSSR count). The number of halogens is 1. The highest BCUT2D eigenvalue weighted by Gasteiger charge is 2.45. The molecule has 2 aliphatic heterocycles. The highest BCUT2D eigenvalue weighted by molar-refractivity contribution is 7.19. The third kappa shape index (κ3) is 3.14. The summed E-state index contributed by atoms with van der Waals surface area (Å²) in [5.41, 5.74) is 3.01. The normalized spacial score (nSPS) is 24.3. The van der Waals surface area contributed by atoms with E-state index in [0.717, 1.165) is 66.0 Å². The number of pyridine rings is 1. The number of aryl methyl sites for hydroxylation is 1. The van der Waals surface area contributed by atoms with Crippen molar-refractivity contribution in [3.63, 3.8) is 0 Å². The van der Waals surface area contributed by atoms with Gasteiger partial charge in [0.2, 0.25) is 5.91 Å². The smallest absolute Gasteiger partial charge is 0.226 e. The van der Waals surface area contributed by atoms with Crippen LogP contribution in [-0.2, 0) is 17.6 Å². The van der Waals surface area contributed by atoms with Gasteiger partial charge in [-0.3, -0.25) is 9.69 Å². The third-order valence-corrected chi connectivity index (χ3v) is 9.19. The maximum atomic E-state index is 13.4. The molecule has 3 atom stereocenters. The van der Waals surface area contributed by atoms with Crippen molar-refractivity contribution < 1.29 is 4.79 Å². The number of likely N-dealkylation sites (tertiary alicyclic amines) is 2. The summed E-state index contributed by atoms with van der Waals surface area (Å²) in [4.78, 5) is 29.3. The fourth-order valence-electron chi connectivity index (χ4n) is 5.95. The summed E-state index contributed by atoms with van der Waals surface area (Å²) in [6.07, 6.45) is 8.79. The average molecular weight is 494 g/mol. The van der Waals surface area contributed by atoms with E-state index in [4.69, 9.17) is 11.6 Å². The van der Waals surface area contributed by atoms with Gasteiger partial charge in [0.25, 0.3) is 0 Å². The Balaban J connectivity index is 1.18. The highest BCUT2D eigenvalue weighted by Crippen LogP contribution is 2.42. The van der Waals surface area contributed by atoms with Crippen LogP contribution in [0.25, 0.3) is 15.7 Å². The Bertz CT molecular complexity index is 1450. The zero-order chi connectivity index (χ0) is 23.0. The van der Waals surface area contributed by atoms with Crippen LogP contribution in [0.4, 0.5) is 11.5 Å². The summed E-state index contributed by atoms with van der Waals surface area (Å²) in [7, 11) is 2.17. The molecule has 8 nitrogen and oxygen atoms in total. The van der Waals surface area contributed by atoms with Gasteiger partial charge in [-0.1, -0.05) is 11.6 Å². The van der Waals surface area contributed by atoms with Crippen LogP contribution in [0.5, 0.6) is 0 Å². The number of anilines is 2. The van der Waals surface area contributed by atoms with Gasteiger partial charge in [0, 0.05) is 48.4 Å². The molecule has 4 aromatic heterocycles. The number of piperazine rings is 1. The summed E-state index contributed by atoms with van der Waals surface area (Å²) < 4.78 is 1.75. The van der Waals surface area contributed by atoms with Gasteiger partial charge in [0.05, 0.1) is 21.6 Å². The van der Waals surface area contributed by atoms with Crippen molar-refractivity contribution in [3.05, 3.63) is 46.3 Å². The maximum absolute atomic E-state index is 13.4. The summed E-state index contributed by atoms with van der Waals surface area (Å²) >= 11 is 8.22. The molecule has 0 saturated carbocycles. The minimum absolute atomic E-state index is 0.0632. The number of thiophene rings is 1. The van der Waals surface area contributed by atoms with Crippen LogP contribution in [0.1, 0.15) is 23.3 Å². The first kappa shape index (κ1) is 20.6. The lowest BCUT2D eigenvalue weighted by Gasteiger charge is -2.35. The number of fused-ring (bicyclic) bond motifs is 6. The molecule has 0 spiro atoms. The van der Waals surface area contributed by atoms with Crippen LogP contribution in [-0.4, -0.2) is 67.5 Å². The van der Waals surface area contributed by atoms with Crippen LogP contribution >= 0.6 is 22.9 Å². The lowest BCUT2D eigenvalue weighted by Crippen LogP contribution is -2.49. The van der Waals surface area contributed by atoms with Crippen molar-refractivity contribution in [2.75, 3.05) is 25.5 Å². The molecule has 1 N–H and O–H groups in total. The Labute approximate surface area is 205 Å². The van der Waals surface area contributed by atoms with Gasteiger partial charge in [-0.2, -0.15) is 5.10 Å². The number of carbonyl (C=O) groups excluding carboxylic acids is 1. The molecular weight excluding hydrogens is 470 g/mol. The molecule has 2 saturated heterocycles. The fourth-order valence-corrected chi connectivity index (χ4v) is 7.41. The first-order valence-corrected chi connectivity index (χ1v) is 12.9. The molecule has 4 aromatic rings. The molecule has 0 aromatic carbocycles. The molecule has 6 heterocycles. The van der Waals surface area contributed by atoms with E-state index in [9.17, 15) is 4.79 Å². The Hall–Kier alpha value is -2.75. The third-order valence-electron chi connectivity index (χ3n) is 7.73. The number of nitrogens with zero attached hydrogens (tertiary/aromatic N) is 6. The van der Waals surface area contributed by atoms with E-state index in [1.165, 1.54) is 10.4 Å². The maximum Gasteiger partial charge on any atom is 0.226 e. The number of hydrogen-bond donors (Lipinski definition) is 1. The van der Waals surface area contributed by atoms with Gasteiger partial charge in [0.1, 0.15) is 17.0 Å². The van der Waals surface area contributed by atoms with Gasteiger partial charge >= 0.3 is 0 Å². The van der Waals surface area contributed by atoms with Crippen LogP contribution < -0.4 is 5.32 Å². The second-order valence-corrected chi connectivity index (χ2v) is 11.2. The summed E-state index contributed by atoms with van der Waals surface area (Å²) in [6.45, 7) is 1.90. The minimum atomic E-state index is 0.0632. The van der Waals surface area contributed by atoms with Gasteiger partial charge in [-0.15, -0.1) is 11.3 Å². The van der Waals surface area contributed by atoms with E-state index < -0.39 is 0 Å². The summed E-state index contributed by atoms with van der Waals surface area (Å²) in [5, 5.41) is 9.31. The average Bonchev–Trinajstić information content (AvgIpc) is 3.60. The van der Waals surface area contributed by atoms with Crippen LogP contribution in [0.3, 0.4) is 0 Å². The Morgan fingerprint density at radius 1 is 1.26 bits per heavy atom. The fraction of sp³-hybridized carbons (Fsp3) is 0.417. The van der Waals surface area contributed by atoms with Crippen molar-refractivity contribution in [3.8, 4) is 0 Å². The van der Waals surface area contributed by atoms with Crippen LogP contribution in [0.2, 0.25) is 5.02 Å². The van der Waals surface area contributed by atoms with Crippen molar-refractivity contribution in [1.29, 1.82) is 0 Å². The zero-order valence-electron chi connectivity index (χ0n) is 18.7. The predicted octanol–water partition coefficient (Wildman–Crippen LogP) is 3.76. The Morgan fingerprint density at radius 3 is 3.00 bits per heavy atom. The SMILES string of the molecule is CN1C[C@@H]2C[C@H]1CN2C(=O)[C@H]1CCc2c(sc3ncnc(Nc4cc5ccnn5cc4Cl)c23)C1. The van der Waals surface area contributed by atoms with E-state index >= 15 is 0 Å². The predicted molar refractivity (Wildman–Crippen MR) is 133 cm³/mol. The van der Waals surface area contributed by atoms with Crippen molar-refractivity contribution >= 4 is 56.1 Å². The van der Waals surface area contributed by atoms with Crippen molar-refractivity contribution in [2.45, 2.75) is 37.8 Å². The molecule has 3 aliphatic rings. The molecule has 0 unspecified atom stereocenters. The van der Waals surface area contributed by atoms with Crippen LogP contribution in [0.15, 0.2) is 30.9 Å². The van der Waals surface area contributed by atoms with Gasteiger partial charge in [0.15, 0.2) is 0 Å². The lowest BCUT2D eigenvalue weighted by atomic mass is 9.86. The van der Waals surface area contributed by atoms with Gasteiger partial charge in [-0.05, 0) is 50.4 Å². The molecule has 34 heavy (non-hydrogen) atoms. The highest BCUT2D eigenvalue weighted by atomic mass is 35.5. The van der Waals surface area contributed by atoms with Gasteiger partial charge in [-0.25, -0.2) is 14.5 Å². The molecule has 174 valence electrons. The molecule has 2 fully saturated rings. The number of likely N-dealkylation sites (N-methyl/N-ethyl adjacent to an activating group) is 1. The van der Waals surface area contributed by atoms with Gasteiger partial charge < -0.3 is 10.2 Å². The zero-order valence-corrected chi connectivity index (χ0v) is 20.3. The summed E-state index contributed by atoms with van der Waals surface area (Å²) in [6, 6.07) is 4.84. The lowest BCUT2D eigenvalue weighted by molar-refractivity contribution is -0.138. The monoisotopic (exact) mass is 493 g/mol. The number of amides is 1. The molecule has 1 aliphatic carbocycles. The van der Waals surface area contributed by atoms with Crippen molar-refractivity contribution in [2.24, 2.45) is 5.92 Å². The second kappa shape index (κ2) is 7.63. The number of carbonyl (C=O) groups is 1. The van der Waals surface area contributed by atoms with Crippen LogP contribution in [0, 0.1) is 5.92 Å². The Kier molecular flexibility index (Phi) is 4.62. The van der Waals surface area contributed by atoms with E-state index in [-0.39, 0.29) is 5.92 Å². The largest absolute Gasteiger partial charge is 0.338 e. The standard InChI is InChI=1S/C24H24ClN7OS/c1-30-9-16-7-15(30)10-31(16)24(33)13-2-3-17-20(6-13)34-23-21(17)22(26-12-27-23)29-19-8-14-4-5-28-32(14)11-18(19)25/h4-5,8,11-13,15-16H,2-3,6-7,9-10H2,1H3,(H,26,27,29)/t13-,15-,16-/m0/s1. The molecule has 2 bridgehead atoms. The number of hydrogen-bond acceptors (Lipinski definition) is 7. The number of rotatable bonds is 3. The second-order valence-electron chi connectivity index (χ2n) is 9.68. The number of aromatic nitrogens is 4. The molecule has 10 heteroatoms. The van der Waals surface area contributed by atoms with E-state index in [1.54, 1.807) is 34.6 Å². The Morgan fingerprint density at radius 2 is 2.18 bits per heavy atom. The molecule has 1 amide bonds. The molecule has 0 radical (unpaired) electrons. The topological polar surface area (TPSA) is 78.7 Å². The summed E-state index contributed by atoms with van der Waals surface area (Å²) in [5.74, 6) is 1.17. The first-order valence-electron chi connectivity index (χ1n) is 11.7. The number of nitrogens with one attached hydrogen (secondary N) is 1. The van der Waals surface area contributed by atoms with E-state index in [2.05, 4.69) is 37.2 Å². The quantitative estimate of drug-likeness (QED) is 0.468.